The van der Waals surface area contributed by atoms with Crippen LogP contribution in [0.5, 0.6) is 5.88 Å². The quantitative estimate of drug-likeness (QED) is 0.103. The predicted octanol–water partition coefficient (Wildman–Crippen LogP) is 7.37. The minimum absolute atomic E-state index is 0.0182. The second-order valence-corrected chi connectivity index (χ2v) is 9.23. The molecule has 0 spiro atoms. The summed E-state index contributed by atoms with van der Waals surface area (Å²) >= 11 is 0. The number of benzene rings is 1. The Morgan fingerprint density at radius 1 is 1.20 bits per heavy atom. The number of aryl methyl sites for hydroxylation is 2. The van der Waals surface area contributed by atoms with Crippen LogP contribution in [-0.4, -0.2) is 32.3 Å². The Balaban J connectivity index is 1.61. The van der Waals surface area contributed by atoms with E-state index in [0.29, 0.717) is 17.0 Å². The van der Waals surface area contributed by atoms with E-state index in [2.05, 4.69) is 31.3 Å². The van der Waals surface area contributed by atoms with Crippen LogP contribution < -0.4 is 4.74 Å². The zero-order valence-electron chi connectivity index (χ0n) is 22.5. The van der Waals surface area contributed by atoms with Crippen molar-refractivity contribution in [2.75, 3.05) is 0 Å². The van der Waals surface area contributed by atoms with Gasteiger partial charge in [0.1, 0.15) is 24.0 Å². The number of hydrogen-bond acceptors (Lipinski definition) is 6. The first-order valence-corrected chi connectivity index (χ1v) is 12.7. The van der Waals surface area contributed by atoms with E-state index in [9.17, 15) is 22.0 Å². The van der Waals surface area contributed by atoms with E-state index in [1.807, 2.05) is 0 Å². The van der Waals surface area contributed by atoms with E-state index in [1.165, 1.54) is 29.0 Å². The number of halogens is 6. The van der Waals surface area contributed by atoms with Crippen molar-refractivity contribution in [1.82, 2.24) is 19.5 Å². The third-order valence-electron chi connectivity index (χ3n) is 6.12. The molecule has 2 heterocycles. The number of nitrogens with zero attached hydrogens (tertiary/aromatic N) is 5. The van der Waals surface area contributed by atoms with Gasteiger partial charge in [0.2, 0.25) is 5.88 Å². The number of allylic oxidation sites excluding steroid dienone is 2. The summed E-state index contributed by atoms with van der Waals surface area (Å²) in [6.07, 6.45) is -0.671. The van der Waals surface area contributed by atoms with E-state index in [-0.39, 0.29) is 53.5 Å². The molecular formula is C28H27F6N5O2. The van der Waals surface area contributed by atoms with Gasteiger partial charge in [-0.3, -0.25) is 4.99 Å². The van der Waals surface area contributed by atoms with Gasteiger partial charge in [0, 0.05) is 36.6 Å². The maximum Gasteiger partial charge on any atom is 0.434 e. The number of alkyl halides is 5. The Morgan fingerprint density at radius 3 is 2.51 bits per heavy atom. The molecule has 0 unspecified atom stereocenters. The lowest BCUT2D eigenvalue weighted by Gasteiger charge is -2.16. The number of aliphatic imine (C=N–C) groups is 1. The molecule has 0 N–H and O–H groups in total. The molecule has 0 atom stereocenters. The van der Waals surface area contributed by atoms with Crippen LogP contribution in [0.4, 0.5) is 26.3 Å². The Hall–Kier alpha value is -4.16. The van der Waals surface area contributed by atoms with Crippen molar-refractivity contribution >= 4 is 11.8 Å². The van der Waals surface area contributed by atoms with Crippen LogP contribution in [0.25, 0.3) is 17.0 Å². The smallest absolute Gasteiger partial charge is 0.434 e. The lowest BCUT2D eigenvalue weighted by atomic mass is 10.1. The molecule has 0 bridgehead atoms. The number of aromatic nitrogens is 4. The lowest BCUT2D eigenvalue weighted by Crippen LogP contribution is -2.09. The largest absolute Gasteiger partial charge is 0.473 e. The van der Waals surface area contributed by atoms with Crippen LogP contribution >= 0.6 is 0 Å². The summed E-state index contributed by atoms with van der Waals surface area (Å²) in [6, 6.07) is 5.48. The molecule has 2 aromatic heterocycles. The zero-order valence-corrected chi connectivity index (χ0v) is 22.5. The summed E-state index contributed by atoms with van der Waals surface area (Å²) in [5.74, 6) is -1.13. The van der Waals surface area contributed by atoms with Crippen LogP contribution in [0.2, 0.25) is 0 Å². The number of imidazole rings is 1. The van der Waals surface area contributed by atoms with Gasteiger partial charge >= 0.3 is 12.8 Å². The first-order chi connectivity index (χ1) is 19.4. The van der Waals surface area contributed by atoms with Gasteiger partial charge in [-0.15, -0.1) is 0 Å². The minimum atomic E-state index is -4.66. The van der Waals surface area contributed by atoms with Crippen LogP contribution in [0.3, 0.4) is 0 Å². The van der Waals surface area contributed by atoms with E-state index in [0.717, 1.165) is 25.1 Å². The average Bonchev–Trinajstić information content (AvgIpc) is 3.63. The molecule has 0 aliphatic heterocycles. The van der Waals surface area contributed by atoms with E-state index in [4.69, 9.17) is 4.74 Å². The summed E-state index contributed by atoms with van der Waals surface area (Å²) in [7, 11) is 0. The molecule has 41 heavy (non-hydrogen) atoms. The van der Waals surface area contributed by atoms with E-state index >= 15 is 4.39 Å². The third kappa shape index (κ3) is 7.14. The summed E-state index contributed by atoms with van der Waals surface area (Å²) in [5.41, 5.74) is 0.232. The van der Waals surface area contributed by atoms with E-state index < -0.39 is 24.3 Å². The van der Waals surface area contributed by atoms with Crippen molar-refractivity contribution in [3.05, 3.63) is 77.1 Å². The highest BCUT2D eigenvalue weighted by molar-refractivity contribution is 5.77. The molecule has 0 amide bonds. The lowest BCUT2D eigenvalue weighted by molar-refractivity contribution is -0.140. The monoisotopic (exact) mass is 579 g/mol. The highest BCUT2D eigenvalue weighted by Crippen LogP contribution is 2.43. The first-order valence-electron chi connectivity index (χ1n) is 12.7. The van der Waals surface area contributed by atoms with Gasteiger partial charge in [-0.1, -0.05) is 12.6 Å². The summed E-state index contributed by atoms with van der Waals surface area (Å²) in [6.45, 7) is 5.51. The van der Waals surface area contributed by atoms with Crippen molar-refractivity contribution in [3.8, 4) is 17.3 Å². The van der Waals surface area contributed by atoms with Crippen LogP contribution in [0.15, 0.2) is 53.5 Å². The fourth-order valence-corrected chi connectivity index (χ4v) is 4.14. The summed E-state index contributed by atoms with van der Waals surface area (Å²) < 4.78 is 92.2. The standard InChI is InChI=1S/C28H27F6N5O2/c1-5-35-24(18-8-9-18)23(16(4)41-27(30)31)25-36-15(3)11-22(38-25)40-14-17-7-10-19(20(29)12-17)26-37-21(28(32,33)34)13-39(26)6-2/h5,7,10-13,18,27H,4,6,8-9,14H2,1-3H3/b24-23+,35-5?. The van der Waals surface area contributed by atoms with Crippen LogP contribution in [-0.2, 0) is 24.1 Å². The molecule has 1 aliphatic carbocycles. The molecule has 13 heteroatoms. The Kier molecular flexibility index (Phi) is 8.83. The topological polar surface area (TPSA) is 74.4 Å². The summed E-state index contributed by atoms with van der Waals surface area (Å²) in [4.78, 5) is 16.7. The zero-order chi connectivity index (χ0) is 29.9. The first kappa shape index (κ1) is 29.8. The molecule has 218 valence electrons. The maximum absolute atomic E-state index is 15.0. The highest BCUT2D eigenvalue weighted by atomic mass is 19.4. The van der Waals surface area contributed by atoms with Crippen LogP contribution in [0, 0.1) is 18.7 Å². The Bertz CT molecular complexity index is 1490. The van der Waals surface area contributed by atoms with Crippen molar-refractivity contribution in [2.45, 2.75) is 59.6 Å². The van der Waals surface area contributed by atoms with Crippen molar-refractivity contribution < 1.29 is 35.8 Å². The predicted molar refractivity (Wildman–Crippen MR) is 139 cm³/mol. The molecule has 1 saturated carbocycles. The average molecular weight is 580 g/mol. The van der Waals surface area contributed by atoms with E-state index in [1.54, 1.807) is 20.8 Å². The highest BCUT2D eigenvalue weighted by Gasteiger charge is 2.35. The molecule has 0 radical (unpaired) electrons. The summed E-state index contributed by atoms with van der Waals surface area (Å²) in [5, 5.41) is 0. The van der Waals surface area contributed by atoms with Crippen molar-refractivity contribution in [1.29, 1.82) is 0 Å². The molecule has 0 saturated heterocycles. The molecule has 3 aromatic rings. The van der Waals surface area contributed by atoms with Gasteiger partial charge in [-0.2, -0.15) is 26.9 Å². The number of rotatable bonds is 11. The van der Waals surface area contributed by atoms with Crippen LogP contribution in [0.1, 0.15) is 49.5 Å². The Morgan fingerprint density at radius 2 is 1.93 bits per heavy atom. The van der Waals surface area contributed by atoms with Gasteiger partial charge in [0.15, 0.2) is 11.5 Å². The normalized spacial score (nSPS) is 14.5. The second kappa shape index (κ2) is 12.1. The fraction of sp³-hybridized carbons (Fsp3) is 0.357. The second-order valence-electron chi connectivity index (χ2n) is 9.23. The van der Waals surface area contributed by atoms with Gasteiger partial charge in [0.05, 0.1) is 16.8 Å². The van der Waals surface area contributed by atoms with Gasteiger partial charge in [-0.05, 0) is 51.3 Å². The molecular weight excluding hydrogens is 552 g/mol. The third-order valence-corrected chi connectivity index (χ3v) is 6.12. The minimum Gasteiger partial charge on any atom is -0.473 e. The molecule has 1 aliphatic rings. The molecule has 4 rings (SSSR count). The van der Waals surface area contributed by atoms with Gasteiger partial charge in [0.25, 0.3) is 0 Å². The molecule has 1 aromatic carbocycles. The SMILES string of the molecule is C=C(OC(F)F)/C(=C(\N=CC)C1CC1)c1nc(C)cc(OCc2ccc(-c3nc(C(F)(F)F)cn3CC)c(F)c2)n1. The van der Waals surface area contributed by atoms with Gasteiger partial charge < -0.3 is 14.0 Å². The number of ether oxygens (including phenoxy) is 2. The molecule has 7 nitrogen and oxygen atoms in total. The molecule has 1 fully saturated rings. The van der Waals surface area contributed by atoms with Gasteiger partial charge in [-0.25, -0.2) is 14.4 Å². The maximum atomic E-state index is 15.0. The Labute approximate surface area is 232 Å². The van der Waals surface area contributed by atoms with Crippen molar-refractivity contribution in [2.24, 2.45) is 10.9 Å². The number of hydrogen-bond donors (Lipinski definition) is 0. The van der Waals surface area contributed by atoms with Crippen molar-refractivity contribution in [3.63, 3.8) is 0 Å². The fourth-order valence-electron chi connectivity index (χ4n) is 4.14.